The molecule has 104 valence electrons. The van der Waals surface area contributed by atoms with Crippen molar-refractivity contribution in [3.05, 3.63) is 34.3 Å². The second-order valence-electron chi connectivity index (χ2n) is 4.72. The van der Waals surface area contributed by atoms with Gasteiger partial charge in [0.2, 0.25) is 0 Å². The predicted octanol–water partition coefficient (Wildman–Crippen LogP) is 1.83. The number of methoxy groups -OCH3 is 1. The number of hydrogen-bond acceptors (Lipinski definition) is 3. The molecule has 1 amide bonds. The molecule has 0 unspecified atom stereocenters. The van der Waals surface area contributed by atoms with E-state index in [2.05, 4.69) is 26.6 Å². The molecular weight excluding hydrogens is 308 g/mol. The molecule has 0 atom stereocenters. The summed E-state index contributed by atoms with van der Waals surface area (Å²) in [7, 11) is 1.61. The predicted molar refractivity (Wildman–Crippen MR) is 77.8 cm³/mol. The lowest BCUT2D eigenvalue weighted by Gasteiger charge is -2.34. The fraction of sp³-hybridized carbons (Fsp3) is 0.500. The maximum absolute atomic E-state index is 12.4. The first kappa shape index (κ1) is 14.5. The van der Waals surface area contributed by atoms with Gasteiger partial charge in [-0.15, -0.1) is 0 Å². The van der Waals surface area contributed by atoms with Crippen molar-refractivity contribution in [3.8, 4) is 0 Å². The number of rotatable bonds is 4. The number of halogens is 1. The van der Waals surface area contributed by atoms with Crippen LogP contribution in [-0.2, 0) is 16.1 Å². The van der Waals surface area contributed by atoms with Crippen molar-refractivity contribution < 1.29 is 9.53 Å². The van der Waals surface area contributed by atoms with Crippen LogP contribution in [0.1, 0.15) is 18.4 Å². The molecular formula is C14H19BrN2O2. The van der Waals surface area contributed by atoms with E-state index in [-0.39, 0.29) is 5.91 Å². The van der Waals surface area contributed by atoms with E-state index in [1.54, 1.807) is 7.11 Å². The molecule has 1 saturated heterocycles. The summed E-state index contributed by atoms with van der Waals surface area (Å²) < 4.78 is 6.50. The normalized spacial score (nSPS) is 18.0. The molecule has 19 heavy (non-hydrogen) atoms. The third-order valence-electron chi connectivity index (χ3n) is 3.61. The molecule has 0 spiro atoms. The Morgan fingerprint density at radius 3 is 2.74 bits per heavy atom. The van der Waals surface area contributed by atoms with Crippen LogP contribution < -0.4 is 10.6 Å². The smallest absolute Gasteiger partial charge is 0.252 e. The molecule has 1 aliphatic rings. The van der Waals surface area contributed by atoms with Crippen molar-refractivity contribution in [2.75, 3.05) is 20.2 Å². The zero-order chi connectivity index (χ0) is 13.7. The first-order valence-corrected chi connectivity index (χ1v) is 7.25. The summed E-state index contributed by atoms with van der Waals surface area (Å²) in [6, 6.07) is 7.88. The van der Waals surface area contributed by atoms with Crippen molar-refractivity contribution in [3.63, 3.8) is 0 Å². The second kappa shape index (κ2) is 6.50. The Balaban J connectivity index is 1.98. The van der Waals surface area contributed by atoms with Gasteiger partial charge in [0.25, 0.3) is 5.91 Å². The second-order valence-corrected chi connectivity index (χ2v) is 5.58. The maximum Gasteiger partial charge on any atom is 0.252 e. The highest BCUT2D eigenvalue weighted by molar-refractivity contribution is 9.10. The zero-order valence-corrected chi connectivity index (χ0v) is 12.6. The first-order chi connectivity index (χ1) is 9.18. The van der Waals surface area contributed by atoms with E-state index in [1.165, 1.54) is 0 Å². The van der Waals surface area contributed by atoms with Crippen LogP contribution in [0.5, 0.6) is 0 Å². The minimum absolute atomic E-state index is 0.0211. The number of piperidine rings is 1. The van der Waals surface area contributed by atoms with Gasteiger partial charge >= 0.3 is 0 Å². The van der Waals surface area contributed by atoms with Gasteiger partial charge in [0.15, 0.2) is 0 Å². The summed E-state index contributed by atoms with van der Waals surface area (Å²) in [6.45, 7) is 2.14. The molecule has 0 saturated carbocycles. The lowest BCUT2D eigenvalue weighted by molar-refractivity contribution is -0.146. The van der Waals surface area contributed by atoms with E-state index >= 15 is 0 Å². The van der Waals surface area contributed by atoms with E-state index in [0.29, 0.717) is 19.4 Å². The third-order valence-corrected chi connectivity index (χ3v) is 4.39. The van der Waals surface area contributed by atoms with Crippen molar-refractivity contribution in [1.82, 2.24) is 10.6 Å². The molecule has 2 N–H and O–H groups in total. The fourth-order valence-corrected chi connectivity index (χ4v) is 2.76. The van der Waals surface area contributed by atoms with Crippen molar-refractivity contribution in [2.24, 2.45) is 0 Å². The summed E-state index contributed by atoms with van der Waals surface area (Å²) in [5.74, 6) is -0.0211. The van der Waals surface area contributed by atoms with Crippen LogP contribution in [0.15, 0.2) is 28.7 Å². The maximum atomic E-state index is 12.4. The number of benzene rings is 1. The van der Waals surface area contributed by atoms with Gasteiger partial charge in [-0.3, -0.25) is 4.79 Å². The summed E-state index contributed by atoms with van der Waals surface area (Å²) >= 11 is 3.48. The largest absolute Gasteiger partial charge is 0.368 e. The molecule has 1 aromatic carbocycles. The van der Waals surface area contributed by atoms with Gasteiger partial charge < -0.3 is 15.4 Å². The highest BCUT2D eigenvalue weighted by Crippen LogP contribution is 2.23. The Morgan fingerprint density at radius 1 is 1.42 bits per heavy atom. The van der Waals surface area contributed by atoms with Crippen LogP contribution in [-0.4, -0.2) is 31.7 Å². The number of carbonyl (C=O) groups excluding carboxylic acids is 1. The van der Waals surface area contributed by atoms with Crippen molar-refractivity contribution in [1.29, 1.82) is 0 Å². The van der Waals surface area contributed by atoms with Gasteiger partial charge in [0.05, 0.1) is 0 Å². The molecule has 0 aliphatic carbocycles. The Bertz CT molecular complexity index is 445. The Kier molecular flexibility index (Phi) is 4.96. The van der Waals surface area contributed by atoms with Crippen LogP contribution in [0.2, 0.25) is 0 Å². The summed E-state index contributed by atoms with van der Waals surface area (Å²) in [6.07, 6.45) is 1.43. The molecule has 4 nitrogen and oxygen atoms in total. The van der Waals surface area contributed by atoms with E-state index in [1.807, 2.05) is 24.3 Å². The third kappa shape index (κ3) is 3.35. The number of carbonyl (C=O) groups is 1. The lowest BCUT2D eigenvalue weighted by atomic mass is 9.91. The highest BCUT2D eigenvalue weighted by Gasteiger charge is 2.39. The van der Waals surface area contributed by atoms with Crippen LogP contribution in [0.25, 0.3) is 0 Å². The van der Waals surface area contributed by atoms with Gasteiger partial charge in [-0.2, -0.15) is 0 Å². The number of amides is 1. The summed E-state index contributed by atoms with van der Waals surface area (Å²) in [4.78, 5) is 12.4. The minimum atomic E-state index is -0.674. The Labute approximate surface area is 122 Å². The van der Waals surface area contributed by atoms with Gasteiger partial charge in [0, 0.05) is 18.1 Å². The molecule has 0 radical (unpaired) electrons. The van der Waals surface area contributed by atoms with Gasteiger partial charge in [0.1, 0.15) is 5.60 Å². The highest BCUT2D eigenvalue weighted by atomic mass is 79.9. The Morgan fingerprint density at radius 2 is 2.11 bits per heavy atom. The number of ether oxygens (including phenoxy) is 1. The van der Waals surface area contributed by atoms with Crippen LogP contribution in [0.4, 0.5) is 0 Å². The summed E-state index contributed by atoms with van der Waals surface area (Å²) in [5, 5.41) is 6.22. The quantitative estimate of drug-likeness (QED) is 0.887. The molecule has 1 aromatic rings. The van der Waals surface area contributed by atoms with Crippen LogP contribution >= 0.6 is 15.9 Å². The van der Waals surface area contributed by atoms with Crippen molar-refractivity contribution >= 4 is 21.8 Å². The van der Waals surface area contributed by atoms with Crippen LogP contribution in [0, 0.1) is 0 Å². The summed E-state index contributed by atoms with van der Waals surface area (Å²) in [5.41, 5.74) is 0.392. The van der Waals surface area contributed by atoms with E-state index in [4.69, 9.17) is 4.74 Å². The zero-order valence-electron chi connectivity index (χ0n) is 11.0. The van der Waals surface area contributed by atoms with Gasteiger partial charge in [-0.25, -0.2) is 0 Å². The topological polar surface area (TPSA) is 50.4 Å². The lowest BCUT2D eigenvalue weighted by Crippen LogP contribution is -2.53. The average Bonchev–Trinajstić information content (AvgIpc) is 2.46. The average molecular weight is 327 g/mol. The Hall–Kier alpha value is -0.910. The minimum Gasteiger partial charge on any atom is -0.368 e. The monoisotopic (exact) mass is 326 g/mol. The molecule has 2 rings (SSSR count). The first-order valence-electron chi connectivity index (χ1n) is 6.45. The van der Waals surface area contributed by atoms with Gasteiger partial charge in [-0.05, 0) is 37.6 Å². The molecule has 1 fully saturated rings. The molecule has 0 aromatic heterocycles. The van der Waals surface area contributed by atoms with E-state index in [0.717, 1.165) is 23.1 Å². The van der Waals surface area contributed by atoms with E-state index < -0.39 is 5.60 Å². The standard InChI is InChI=1S/C14H19BrN2O2/c1-19-14(6-8-16-9-7-14)13(18)17-10-11-4-2-3-5-12(11)15/h2-5,16H,6-10H2,1H3,(H,17,18). The van der Waals surface area contributed by atoms with Crippen LogP contribution in [0.3, 0.4) is 0 Å². The molecule has 5 heteroatoms. The van der Waals surface area contributed by atoms with Crippen molar-refractivity contribution in [2.45, 2.75) is 25.0 Å². The van der Waals surface area contributed by atoms with E-state index in [9.17, 15) is 4.79 Å². The molecule has 1 aliphatic heterocycles. The van der Waals surface area contributed by atoms with Gasteiger partial charge in [-0.1, -0.05) is 34.1 Å². The number of nitrogens with one attached hydrogen (secondary N) is 2. The fourth-order valence-electron chi connectivity index (χ4n) is 2.33. The molecule has 1 heterocycles. The molecule has 0 bridgehead atoms. The number of hydrogen-bond donors (Lipinski definition) is 2. The SMILES string of the molecule is COC1(C(=O)NCc2ccccc2Br)CCNCC1.